The van der Waals surface area contributed by atoms with Crippen LogP contribution in [0.1, 0.15) is 10.5 Å². The molecule has 0 spiro atoms. The third-order valence-corrected chi connectivity index (χ3v) is 2.10. The lowest BCUT2D eigenvalue weighted by atomic mass is 10.5. The van der Waals surface area contributed by atoms with Crippen LogP contribution in [0.15, 0.2) is 24.5 Å². The highest BCUT2D eigenvalue weighted by Gasteiger charge is 2.08. The van der Waals surface area contributed by atoms with E-state index in [1.54, 1.807) is 16.7 Å². The highest BCUT2D eigenvalue weighted by molar-refractivity contribution is 6.43. The van der Waals surface area contributed by atoms with Crippen molar-refractivity contribution in [3.05, 3.63) is 36.0 Å². The average molecular weight is 219 g/mol. The molecule has 2 rings (SSSR count). The number of hydrogen-bond acceptors (Lipinski definition) is 1. The maximum atomic E-state index is 12.7. The van der Waals surface area contributed by atoms with Crippen molar-refractivity contribution in [2.24, 2.45) is 0 Å². The van der Waals surface area contributed by atoms with E-state index in [-0.39, 0.29) is 5.82 Å². The summed E-state index contributed by atoms with van der Waals surface area (Å²) in [5.74, 6) is -0.322. The predicted molar refractivity (Wildman–Crippen MR) is 49.6 cm³/mol. The topological polar surface area (TPSA) is 17.3 Å². The number of nitrogens with zero attached hydrogens (tertiary/aromatic N) is 2. The fraction of sp³-hybridized carbons (Fsp3) is 0.125. The summed E-state index contributed by atoms with van der Waals surface area (Å²) in [5, 5.41) is 0. The molecule has 0 aromatic carbocycles. The van der Waals surface area contributed by atoms with Crippen LogP contribution >= 0.6 is 23.2 Å². The molecule has 0 saturated carbocycles. The first-order chi connectivity index (χ1) is 6.16. The molecule has 0 atom stereocenters. The van der Waals surface area contributed by atoms with Gasteiger partial charge in [-0.25, -0.2) is 9.37 Å². The van der Waals surface area contributed by atoms with Gasteiger partial charge in [0.1, 0.15) is 11.5 Å². The van der Waals surface area contributed by atoms with Crippen molar-refractivity contribution in [1.82, 2.24) is 9.38 Å². The highest BCUT2D eigenvalue weighted by Crippen LogP contribution is 2.23. The molecule has 0 unspecified atom stereocenters. The Labute approximate surface area is 83.9 Å². The van der Waals surface area contributed by atoms with Gasteiger partial charge < -0.3 is 4.40 Å². The number of hydrogen-bond donors (Lipinski definition) is 0. The second kappa shape index (κ2) is 3.16. The van der Waals surface area contributed by atoms with Crippen molar-refractivity contribution in [3.63, 3.8) is 0 Å². The number of aromatic nitrogens is 2. The number of imidazole rings is 1. The first-order valence-electron chi connectivity index (χ1n) is 3.59. The molecule has 0 saturated heterocycles. The van der Waals surface area contributed by atoms with Crippen molar-refractivity contribution < 1.29 is 4.39 Å². The Hall–Kier alpha value is -0.800. The van der Waals surface area contributed by atoms with Crippen LogP contribution in [0, 0.1) is 5.82 Å². The second-order valence-corrected chi connectivity index (χ2v) is 3.68. The molecule has 0 fully saturated rings. The Morgan fingerprint density at radius 3 is 2.77 bits per heavy atom. The van der Waals surface area contributed by atoms with Crippen LogP contribution in [0.5, 0.6) is 0 Å². The van der Waals surface area contributed by atoms with Crippen LogP contribution < -0.4 is 0 Å². The molecular weight excluding hydrogens is 214 g/mol. The van der Waals surface area contributed by atoms with Crippen LogP contribution in [0.4, 0.5) is 4.39 Å². The number of fused-ring (bicyclic) bond motifs is 1. The summed E-state index contributed by atoms with van der Waals surface area (Å²) in [4.78, 5) is 3.41. The monoisotopic (exact) mass is 218 g/mol. The summed E-state index contributed by atoms with van der Waals surface area (Å²) in [6, 6.07) is 2.90. The van der Waals surface area contributed by atoms with Gasteiger partial charge in [-0.05, 0) is 12.1 Å². The molecule has 13 heavy (non-hydrogen) atoms. The van der Waals surface area contributed by atoms with Crippen molar-refractivity contribution in [2.45, 2.75) is 4.84 Å². The summed E-state index contributed by atoms with van der Waals surface area (Å²) in [6.45, 7) is 0. The molecule has 2 heterocycles. The molecule has 2 nitrogen and oxygen atoms in total. The lowest BCUT2D eigenvalue weighted by Crippen LogP contribution is -1.83. The lowest BCUT2D eigenvalue weighted by Gasteiger charge is -1.90. The van der Waals surface area contributed by atoms with Crippen LogP contribution in [-0.4, -0.2) is 9.38 Å². The molecule has 0 radical (unpaired) electrons. The van der Waals surface area contributed by atoms with Gasteiger partial charge in [-0.1, -0.05) is 23.2 Å². The van der Waals surface area contributed by atoms with Gasteiger partial charge in [0, 0.05) is 12.4 Å². The standard InChI is InChI=1S/C8H5Cl2FN2/c9-8(10)6-4-13-3-5(11)1-2-7(13)12-6/h1-4,8H. The minimum Gasteiger partial charge on any atom is -0.304 e. The summed E-state index contributed by atoms with van der Waals surface area (Å²) in [5.41, 5.74) is 1.15. The largest absolute Gasteiger partial charge is 0.304 e. The van der Waals surface area contributed by atoms with E-state index in [1.807, 2.05) is 0 Å². The minimum absolute atomic E-state index is 0.322. The van der Waals surface area contributed by atoms with Crippen molar-refractivity contribution >= 4 is 28.8 Å². The van der Waals surface area contributed by atoms with Gasteiger partial charge in [0.15, 0.2) is 4.84 Å². The van der Waals surface area contributed by atoms with E-state index in [2.05, 4.69) is 4.98 Å². The van der Waals surface area contributed by atoms with Crippen LogP contribution in [0.25, 0.3) is 5.65 Å². The van der Waals surface area contributed by atoms with Crippen LogP contribution in [0.2, 0.25) is 0 Å². The fourth-order valence-corrected chi connectivity index (χ4v) is 1.30. The van der Waals surface area contributed by atoms with Crippen molar-refractivity contribution in [3.8, 4) is 0 Å². The molecule has 5 heteroatoms. The van der Waals surface area contributed by atoms with Crippen LogP contribution in [-0.2, 0) is 0 Å². The van der Waals surface area contributed by atoms with Gasteiger partial charge in [0.2, 0.25) is 0 Å². The van der Waals surface area contributed by atoms with Gasteiger partial charge in [0.25, 0.3) is 0 Å². The SMILES string of the molecule is Fc1ccc2nc(C(Cl)Cl)cn2c1. The lowest BCUT2D eigenvalue weighted by molar-refractivity contribution is 0.619. The molecule has 0 bridgehead atoms. The van der Waals surface area contributed by atoms with Crippen LogP contribution in [0.3, 0.4) is 0 Å². The highest BCUT2D eigenvalue weighted by atomic mass is 35.5. The molecule has 2 aromatic rings. The Kier molecular flexibility index (Phi) is 2.14. The maximum Gasteiger partial charge on any atom is 0.151 e. The normalized spacial score (nSPS) is 11.4. The zero-order valence-corrected chi connectivity index (χ0v) is 7.93. The molecule has 0 aliphatic rings. The quantitative estimate of drug-likeness (QED) is 0.674. The Morgan fingerprint density at radius 2 is 2.08 bits per heavy atom. The van der Waals surface area contributed by atoms with E-state index >= 15 is 0 Å². The zero-order chi connectivity index (χ0) is 9.42. The first kappa shape index (κ1) is 8.78. The molecule has 2 aromatic heterocycles. The third kappa shape index (κ3) is 1.62. The van der Waals surface area contributed by atoms with Gasteiger partial charge in [-0.15, -0.1) is 0 Å². The van der Waals surface area contributed by atoms with E-state index in [0.717, 1.165) is 0 Å². The Balaban J connectivity index is 2.62. The van der Waals surface area contributed by atoms with E-state index < -0.39 is 4.84 Å². The number of pyridine rings is 1. The summed E-state index contributed by atoms with van der Waals surface area (Å²) in [6.07, 6.45) is 2.92. The van der Waals surface area contributed by atoms with Crippen molar-refractivity contribution in [2.75, 3.05) is 0 Å². The molecule has 0 aliphatic heterocycles. The first-order valence-corrected chi connectivity index (χ1v) is 4.46. The van der Waals surface area contributed by atoms with E-state index in [4.69, 9.17) is 23.2 Å². The summed E-state index contributed by atoms with van der Waals surface area (Å²) in [7, 11) is 0. The maximum absolute atomic E-state index is 12.7. The van der Waals surface area contributed by atoms with Gasteiger partial charge >= 0.3 is 0 Å². The van der Waals surface area contributed by atoms with Gasteiger partial charge in [0.05, 0.1) is 5.69 Å². The van der Waals surface area contributed by atoms with Gasteiger partial charge in [-0.2, -0.15) is 0 Å². The minimum atomic E-state index is -0.678. The van der Waals surface area contributed by atoms with E-state index in [1.165, 1.54) is 12.3 Å². The fourth-order valence-electron chi connectivity index (χ4n) is 1.09. The van der Waals surface area contributed by atoms with Gasteiger partial charge in [-0.3, -0.25) is 0 Å². The molecule has 0 N–H and O–H groups in total. The van der Waals surface area contributed by atoms with Crippen molar-refractivity contribution in [1.29, 1.82) is 0 Å². The third-order valence-electron chi connectivity index (χ3n) is 1.66. The molecule has 0 amide bonds. The smallest absolute Gasteiger partial charge is 0.151 e. The number of rotatable bonds is 1. The summed E-state index contributed by atoms with van der Waals surface area (Å²) < 4.78 is 14.3. The molecule has 0 aliphatic carbocycles. The predicted octanol–water partition coefficient (Wildman–Crippen LogP) is 2.95. The molecule has 68 valence electrons. The Morgan fingerprint density at radius 1 is 1.31 bits per heavy atom. The average Bonchev–Trinajstić information content (AvgIpc) is 2.46. The second-order valence-electron chi connectivity index (χ2n) is 2.58. The number of alkyl halides is 2. The van der Waals surface area contributed by atoms with E-state index in [0.29, 0.717) is 11.3 Å². The molecular formula is C8H5Cl2FN2. The van der Waals surface area contributed by atoms with E-state index in [9.17, 15) is 4.39 Å². The number of halogens is 3. The Bertz CT molecular complexity index is 439. The summed E-state index contributed by atoms with van der Waals surface area (Å²) >= 11 is 11.2. The zero-order valence-electron chi connectivity index (χ0n) is 6.42.